The minimum atomic E-state index is -0.212. The fourth-order valence-electron chi connectivity index (χ4n) is 1.15. The van der Waals surface area contributed by atoms with Crippen molar-refractivity contribution in [2.75, 3.05) is 0 Å². The number of carbonyl (C=O) groups is 1. The van der Waals surface area contributed by atoms with Gasteiger partial charge in [-0.05, 0) is 18.2 Å². The van der Waals surface area contributed by atoms with E-state index >= 15 is 0 Å². The van der Waals surface area contributed by atoms with Crippen LogP contribution in [0.2, 0.25) is 0 Å². The van der Waals surface area contributed by atoms with Gasteiger partial charge < -0.3 is 5.11 Å². The van der Waals surface area contributed by atoms with E-state index in [2.05, 4.69) is 20.9 Å². The highest BCUT2D eigenvalue weighted by atomic mass is 79.9. The summed E-state index contributed by atoms with van der Waals surface area (Å²) in [6.45, 7) is 0. The molecule has 15 heavy (non-hydrogen) atoms. The largest absolute Gasteiger partial charge is 0.507 e. The zero-order valence-electron chi connectivity index (χ0n) is 7.48. The van der Waals surface area contributed by atoms with Crippen LogP contribution >= 0.6 is 27.3 Å². The van der Waals surface area contributed by atoms with Crippen molar-refractivity contribution in [1.29, 1.82) is 0 Å². The number of nitrogens with zero attached hydrogens (tertiary/aromatic N) is 1. The summed E-state index contributed by atoms with van der Waals surface area (Å²) in [4.78, 5) is 16.2. The molecule has 76 valence electrons. The lowest BCUT2D eigenvalue weighted by atomic mass is 10.1. The van der Waals surface area contributed by atoms with Crippen molar-refractivity contribution < 1.29 is 9.90 Å². The van der Waals surface area contributed by atoms with Crippen LogP contribution in [0.4, 0.5) is 0 Å². The molecule has 0 amide bonds. The monoisotopic (exact) mass is 283 g/mol. The maximum Gasteiger partial charge on any atom is 0.208 e. The molecule has 2 rings (SSSR count). The highest BCUT2D eigenvalue weighted by Gasteiger charge is 2.14. The smallest absolute Gasteiger partial charge is 0.208 e. The molecule has 0 atom stereocenters. The molecule has 0 aliphatic rings. The number of rotatable bonds is 2. The lowest BCUT2D eigenvalue weighted by molar-refractivity contribution is 0.103. The normalized spacial score (nSPS) is 10.2. The van der Waals surface area contributed by atoms with Gasteiger partial charge in [-0.25, -0.2) is 0 Å². The van der Waals surface area contributed by atoms with Crippen LogP contribution in [0.3, 0.4) is 0 Å². The molecule has 0 unspecified atom stereocenters. The van der Waals surface area contributed by atoms with E-state index in [9.17, 15) is 9.90 Å². The lowest BCUT2D eigenvalue weighted by Gasteiger charge is -2.01. The number of hydrogen-bond acceptors (Lipinski definition) is 4. The summed E-state index contributed by atoms with van der Waals surface area (Å²) in [5.74, 6) is -0.229. The fraction of sp³-hybridized carbons (Fsp3) is 0. The summed E-state index contributed by atoms with van der Waals surface area (Å²) >= 11 is 4.51. The van der Waals surface area contributed by atoms with Gasteiger partial charge in [-0.1, -0.05) is 15.9 Å². The Morgan fingerprint density at radius 1 is 1.47 bits per heavy atom. The molecule has 2 aromatic rings. The number of halogens is 1. The first-order valence-corrected chi connectivity index (χ1v) is 5.77. The van der Waals surface area contributed by atoms with E-state index in [1.54, 1.807) is 17.6 Å². The van der Waals surface area contributed by atoms with Crippen LogP contribution in [0.15, 0.2) is 34.4 Å². The van der Waals surface area contributed by atoms with Crippen molar-refractivity contribution in [2.24, 2.45) is 0 Å². The molecule has 5 heteroatoms. The fourth-order valence-corrected chi connectivity index (χ4v) is 2.09. The van der Waals surface area contributed by atoms with Crippen LogP contribution in [0.1, 0.15) is 15.2 Å². The van der Waals surface area contributed by atoms with E-state index in [4.69, 9.17) is 0 Å². The highest BCUT2D eigenvalue weighted by Crippen LogP contribution is 2.25. The number of hydrogen-bond donors (Lipinski definition) is 1. The van der Waals surface area contributed by atoms with Gasteiger partial charge >= 0.3 is 0 Å². The molecule has 0 bridgehead atoms. The Morgan fingerprint density at radius 3 is 2.93 bits per heavy atom. The van der Waals surface area contributed by atoms with Crippen molar-refractivity contribution in [3.63, 3.8) is 0 Å². The van der Waals surface area contributed by atoms with Crippen molar-refractivity contribution in [2.45, 2.75) is 0 Å². The summed E-state index contributed by atoms with van der Waals surface area (Å²) in [7, 11) is 0. The number of phenols is 1. The Kier molecular flexibility index (Phi) is 2.83. The number of phenolic OH excluding ortho intramolecular Hbond substituents is 1. The molecule has 1 heterocycles. The molecule has 3 nitrogen and oxygen atoms in total. The molecule has 1 N–H and O–H groups in total. The van der Waals surface area contributed by atoms with Gasteiger partial charge in [-0.2, -0.15) is 0 Å². The molecule has 0 radical (unpaired) electrons. The summed E-state index contributed by atoms with van der Waals surface area (Å²) in [5, 5.41) is 9.55. The molecule has 0 aliphatic carbocycles. The van der Waals surface area contributed by atoms with E-state index in [0.717, 1.165) is 4.47 Å². The Labute approximate surface area is 98.5 Å². The summed E-state index contributed by atoms with van der Waals surface area (Å²) in [6, 6.07) is 4.76. The Morgan fingerprint density at radius 2 is 2.27 bits per heavy atom. The molecular formula is C10H6BrNO2S. The predicted octanol–water partition coefficient (Wildman–Crippen LogP) is 2.84. The molecule has 1 aromatic carbocycles. The van der Waals surface area contributed by atoms with Crippen molar-refractivity contribution in [3.8, 4) is 5.75 Å². The summed E-state index contributed by atoms with van der Waals surface area (Å²) < 4.78 is 0.758. The standard InChI is InChI=1S/C10H6BrNO2S/c11-6-1-2-8(13)7(3-6)10(14)9-4-12-5-15-9/h1-5,13H. The van der Waals surface area contributed by atoms with E-state index in [1.165, 1.54) is 23.6 Å². The number of ketones is 1. The van der Waals surface area contributed by atoms with Gasteiger partial charge in [0.25, 0.3) is 0 Å². The first-order valence-electron chi connectivity index (χ1n) is 4.10. The zero-order valence-corrected chi connectivity index (χ0v) is 9.88. The first-order chi connectivity index (χ1) is 7.18. The molecule has 0 saturated heterocycles. The van der Waals surface area contributed by atoms with Crippen LogP contribution in [-0.4, -0.2) is 15.9 Å². The van der Waals surface area contributed by atoms with Crippen LogP contribution < -0.4 is 0 Å². The third kappa shape index (κ3) is 2.08. The number of aromatic hydroxyl groups is 1. The topological polar surface area (TPSA) is 50.2 Å². The van der Waals surface area contributed by atoms with Crippen LogP contribution in [0, 0.1) is 0 Å². The van der Waals surface area contributed by atoms with E-state index in [-0.39, 0.29) is 17.1 Å². The maximum absolute atomic E-state index is 11.9. The molecular weight excluding hydrogens is 278 g/mol. The summed E-state index contributed by atoms with van der Waals surface area (Å²) in [6.07, 6.45) is 1.49. The zero-order chi connectivity index (χ0) is 10.8. The Bertz CT molecular complexity index is 496. The van der Waals surface area contributed by atoms with Crippen molar-refractivity contribution >= 4 is 33.0 Å². The Hall–Kier alpha value is -1.20. The molecule has 0 saturated carbocycles. The van der Waals surface area contributed by atoms with E-state index in [0.29, 0.717) is 4.88 Å². The summed E-state index contributed by atoms with van der Waals surface area (Å²) in [5.41, 5.74) is 1.87. The van der Waals surface area contributed by atoms with Gasteiger partial charge in [-0.3, -0.25) is 9.78 Å². The van der Waals surface area contributed by atoms with Crippen LogP contribution in [0.5, 0.6) is 5.75 Å². The molecule has 0 spiro atoms. The minimum Gasteiger partial charge on any atom is -0.507 e. The number of aromatic nitrogens is 1. The number of carbonyl (C=O) groups excluding carboxylic acids is 1. The molecule has 0 aliphatic heterocycles. The quantitative estimate of drug-likeness (QED) is 0.863. The second-order valence-electron chi connectivity index (χ2n) is 2.86. The van der Waals surface area contributed by atoms with Gasteiger partial charge in [0.15, 0.2) is 0 Å². The van der Waals surface area contributed by atoms with Gasteiger partial charge in [0.05, 0.1) is 16.0 Å². The minimum absolute atomic E-state index is 0.0170. The van der Waals surface area contributed by atoms with Gasteiger partial charge in [-0.15, -0.1) is 11.3 Å². The predicted molar refractivity (Wildman–Crippen MR) is 61.4 cm³/mol. The van der Waals surface area contributed by atoms with Crippen LogP contribution in [-0.2, 0) is 0 Å². The van der Waals surface area contributed by atoms with Gasteiger partial charge in [0.1, 0.15) is 5.75 Å². The number of thiazole rings is 1. The van der Waals surface area contributed by atoms with E-state index < -0.39 is 0 Å². The molecule has 0 fully saturated rings. The average Bonchev–Trinajstić information content (AvgIpc) is 2.74. The Balaban J connectivity index is 2.46. The second kappa shape index (κ2) is 4.12. The molecule has 1 aromatic heterocycles. The van der Waals surface area contributed by atoms with E-state index in [1.807, 2.05) is 0 Å². The third-order valence-electron chi connectivity index (χ3n) is 1.86. The average molecular weight is 284 g/mol. The van der Waals surface area contributed by atoms with Crippen molar-refractivity contribution in [1.82, 2.24) is 4.98 Å². The van der Waals surface area contributed by atoms with Crippen LogP contribution in [0.25, 0.3) is 0 Å². The van der Waals surface area contributed by atoms with Gasteiger partial charge in [0, 0.05) is 10.7 Å². The first kappa shape index (κ1) is 10.3. The number of benzene rings is 1. The SMILES string of the molecule is O=C(c1cncs1)c1cc(Br)ccc1O. The maximum atomic E-state index is 11.9. The third-order valence-corrected chi connectivity index (χ3v) is 3.12. The highest BCUT2D eigenvalue weighted by molar-refractivity contribution is 9.10. The van der Waals surface area contributed by atoms with Gasteiger partial charge in [0.2, 0.25) is 5.78 Å². The second-order valence-corrected chi connectivity index (χ2v) is 4.66. The van der Waals surface area contributed by atoms with Crippen molar-refractivity contribution in [3.05, 3.63) is 44.8 Å². The lowest BCUT2D eigenvalue weighted by Crippen LogP contribution is -1.98.